The number of phenolic OH excluding ortho intramolecular Hbond substituents is 1. The van der Waals surface area contributed by atoms with Crippen LogP contribution in [-0.4, -0.2) is 67.3 Å². The second-order valence-corrected chi connectivity index (χ2v) is 10.3. The van der Waals surface area contributed by atoms with Gasteiger partial charge in [-0.15, -0.1) is 0 Å². The number of anilines is 1. The minimum absolute atomic E-state index is 0.0992. The number of hydrogen-bond acceptors (Lipinski definition) is 6. The summed E-state index contributed by atoms with van der Waals surface area (Å²) < 4.78 is 5.41. The van der Waals surface area contributed by atoms with Crippen molar-refractivity contribution in [1.82, 2.24) is 10.2 Å². The Hall–Kier alpha value is -2.94. The Morgan fingerprint density at radius 1 is 1.27 bits per heavy atom. The summed E-state index contributed by atoms with van der Waals surface area (Å²) in [7, 11) is 0. The molecule has 0 radical (unpaired) electrons. The van der Waals surface area contributed by atoms with Crippen molar-refractivity contribution in [3.05, 3.63) is 51.6 Å². The molecule has 1 fully saturated rings. The van der Waals surface area contributed by atoms with Crippen LogP contribution < -0.4 is 16.4 Å². The number of benzene rings is 1. The first-order valence-electron chi connectivity index (χ1n) is 13.4. The van der Waals surface area contributed by atoms with E-state index in [2.05, 4.69) is 22.5 Å². The zero-order chi connectivity index (χ0) is 26.5. The van der Waals surface area contributed by atoms with Crippen LogP contribution in [0.1, 0.15) is 58.4 Å². The van der Waals surface area contributed by atoms with Crippen molar-refractivity contribution in [2.75, 3.05) is 44.7 Å². The third-order valence-corrected chi connectivity index (χ3v) is 7.51. The van der Waals surface area contributed by atoms with Crippen LogP contribution in [0.4, 0.5) is 5.69 Å². The maximum atomic E-state index is 13.6. The maximum absolute atomic E-state index is 13.6. The van der Waals surface area contributed by atoms with Crippen molar-refractivity contribution >= 4 is 23.1 Å². The minimum Gasteiger partial charge on any atom is -0.508 e. The van der Waals surface area contributed by atoms with Crippen LogP contribution in [0.3, 0.4) is 0 Å². The number of phenols is 1. The van der Waals surface area contributed by atoms with E-state index in [9.17, 15) is 14.7 Å². The van der Waals surface area contributed by atoms with Crippen molar-refractivity contribution < 1.29 is 19.4 Å². The van der Waals surface area contributed by atoms with Crippen LogP contribution >= 0.6 is 0 Å². The molecule has 1 unspecified atom stereocenters. The van der Waals surface area contributed by atoms with E-state index in [4.69, 9.17) is 10.5 Å². The highest BCUT2D eigenvalue weighted by Gasteiger charge is 2.32. The van der Waals surface area contributed by atoms with Crippen molar-refractivity contribution in [3.63, 3.8) is 0 Å². The Balaban J connectivity index is 1.62. The number of nitrogens with zero attached hydrogens (tertiary/aromatic N) is 1. The second kappa shape index (κ2) is 12.1. The lowest BCUT2D eigenvalue weighted by atomic mass is 9.79. The lowest BCUT2D eigenvalue weighted by molar-refractivity contribution is -0.117. The molecule has 3 aliphatic rings. The predicted molar refractivity (Wildman–Crippen MR) is 146 cm³/mol. The number of carbonyl (C=O) groups excluding carboxylic acids is 2. The van der Waals surface area contributed by atoms with Gasteiger partial charge in [-0.2, -0.15) is 0 Å². The van der Waals surface area contributed by atoms with Crippen LogP contribution in [0, 0.1) is 0 Å². The summed E-state index contributed by atoms with van der Waals surface area (Å²) in [6, 6.07) is 4.77. The number of ether oxygens (including phenoxy) is 1. The fourth-order valence-corrected chi connectivity index (χ4v) is 5.66. The van der Waals surface area contributed by atoms with Gasteiger partial charge in [0, 0.05) is 49.0 Å². The summed E-state index contributed by atoms with van der Waals surface area (Å²) >= 11 is 0. The lowest BCUT2D eigenvalue weighted by Crippen LogP contribution is -2.48. The number of morpholine rings is 1. The zero-order valence-electron chi connectivity index (χ0n) is 22.3. The molecule has 1 atom stereocenters. The normalized spacial score (nSPS) is 21.9. The van der Waals surface area contributed by atoms with Gasteiger partial charge in [0.25, 0.3) is 11.8 Å². The van der Waals surface area contributed by atoms with Crippen LogP contribution in [0.2, 0.25) is 0 Å². The topological polar surface area (TPSA) is 117 Å². The molecule has 8 heteroatoms. The Bertz CT molecular complexity index is 1140. The maximum Gasteiger partial charge on any atom is 0.256 e. The summed E-state index contributed by atoms with van der Waals surface area (Å²) in [5.74, 6) is -0.137. The Kier molecular flexibility index (Phi) is 8.84. The van der Waals surface area contributed by atoms with Gasteiger partial charge in [-0.05, 0) is 74.4 Å². The standard InChI is InChI=1S/C29H40N4O4/c1-4-6-18(2)26(28(35)31-16-20(30)17-33-11-13-37-14-12-33)22-7-5-8-23(19(22)3)27-24-15-21(34)9-10-25(24)32-29(27)36/h9-10,15,20,34H,4-8,11-14,16-17,30H2,1-3H3,(H,31,35)(H,32,36)/b26-18+,27-23-. The quantitative estimate of drug-likeness (QED) is 0.316. The molecule has 0 bridgehead atoms. The number of carbonyl (C=O) groups is 2. The number of fused-ring (bicyclic) bond motifs is 1. The third kappa shape index (κ3) is 6.14. The third-order valence-electron chi connectivity index (χ3n) is 7.51. The van der Waals surface area contributed by atoms with Crippen molar-refractivity contribution in [3.8, 4) is 5.75 Å². The van der Waals surface area contributed by atoms with Crippen molar-refractivity contribution in [2.45, 2.75) is 58.9 Å². The van der Waals surface area contributed by atoms with E-state index in [0.717, 1.165) is 98.4 Å². The van der Waals surface area contributed by atoms with Gasteiger partial charge in [0.15, 0.2) is 0 Å². The predicted octanol–water partition coefficient (Wildman–Crippen LogP) is 3.49. The molecule has 200 valence electrons. The molecule has 1 aromatic carbocycles. The molecule has 2 heterocycles. The summed E-state index contributed by atoms with van der Waals surface area (Å²) in [4.78, 5) is 28.9. The van der Waals surface area contributed by atoms with E-state index in [1.807, 2.05) is 13.8 Å². The lowest BCUT2D eigenvalue weighted by Gasteiger charge is -2.29. The molecular weight excluding hydrogens is 468 g/mol. The highest BCUT2D eigenvalue weighted by molar-refractivity contribution is 6.32. The molecule has 2 amide bonds. The number of rotatable bonds is 8. The van der Waals surface area contributed by atoms with Gasteiger partial charge in [-0.1, -0.05) is 18.9 Å². The van der Waals surface area contributed by atoms with Crippen LogP contribution in [0.25, 0.3) is 5.57 Å². The summed E-state index contributed by atoms with van der Waals surface area (Å²) in [6.07, 6.45) is 4.14. The van der Waals surface area contributed by atoms with Crippen LogP contribution in [-0.2, 0) is 14.3 Å². The highest BCUT2D eigenvalue weighted by Crippen LogP contribution is 2.43. The fraction of sp³-hybridized carbons (Fsp3) is 0.517. The number of hydrogen-bond donors (Lipinski definition) is 4. The van der Waals surface area contributed by atoms with Crippen molar-refractivity contribution in [2.24, 2.45) is 5.73 Å². The Labute approximate surface area is 219 Å². The van der Waals surface area contributed by atoms with E-state index in [1.54, 1.807) is 18.2 Å². The van der Waals surface area contributed by atoms with E-state index in [0.29, 0.717) is 17.8 Å². The first-order valence-corrected chi connectivity index (χ1v) is 13.4. The number of amides is 2. The molecular formula is C29H40N4O4. The van der Waals surface area contributed by atoms with Gasteiger partial charge in [0.2, 0.25) is 0 Å². The fourth-order valence-electron chi connectivity index (χ4n) is 5.66. The van der Waals surface area contributed by atoms with E-state index >= 15 is 0 Å². The van der Waals surface area contributed by atoms with Crippen molar-refractivity contribution in [1.29, 1.82) is 0 Å². The van der Waals surface area contributed by atoms with Crippen LogP contribution in [0.5, 0.6) is 5.75 Å². The zero-order valence-corrected chi connectivity index (χ0v) is 22.3. The average molecular weight is 509 g/mol. The summed E-state index contributed by atoms with van der Waals surface area (Å²) in [5.41, 5.74) is 13.1. The number of allylic oxidation sites excluding steroid dienone is 3. The van der Waals surface area contributed by atoms with Crippen LogP contribution in [0.15, 0.2) is 46.1 Å². The highest BCUT2D eigenvalue weighted by atomic mass is 16.5. The van der Waals surface area contributed by atoms with Gasteiger partial charge in [-0.25, -0.2) is 0 Å². The monoisotopic (exact) mass is 508 g/mol. The first kappa shape index (κ1) is 27.1. The SMILES string of the molecule is CCC/C(C)=C(/C(=O)NCC(N)CN1CCOCC1)C1=C(C)/C(=C2\C(=O)Nc3ccc(O)cc32)CCC1. The van der Waals surface area contributed by atoms with E-state index < -0.39 is 0 Å². The van der Waals surface area contributed by atoms with Gasteiger partial charge < -0.3 is 26.2 Å². The molecule has 0 saturated carbocycles. The van der Waals surface area contributed by atoms with Gasteiger partial charge in [0.05, 0.1) is 18.8 Å². The smallest absolute Gasteiger partial charge is 0.256 e. The Morgan fingerprint density at radius 3 is 2.76 bits per heavy atom. The molecule has 1 aliphatic carbocycles. The molecule has 5 N–H and O–H groups in total. The molecule has 8 nitrogen and oxygen atoms in total. The van der Waals surface area contributed by atoms with Gasteiger partial charge in [0.1, 0.15) is 5.75 Å². The average Bonchev–Trinajstić information content (AvgIpc) is 3.19. The van der Waals surface area contributed by atoms with E-state index in [-0.39, 0.29) is 23.6 Å². The van der Waals surface area contributed by atoms with E-state index in [1.165, 1.54) is 0 Å². The molecule has 1 aromatic rings. The number of nitrogens with one attached hydrogen (secondary N) is 2. The molecule has 0 aromatic heterocycles. The number of aromatic hydroxyl groups is 1. The van der Waals surface area contributed by atoms with Gasteiger partial charge >= 0.3 is 0 Å². The second-order valence-electron chi connectivity index (χ2n) is 10.3. The minimum atomic E-state index is -0.166. The Morgan fingerprint density at radius 2 is 2.03 bits per heavy atom. The molecule has 37 heavy (non-hydrogen) atoms. The summed E-state index contributed by atoms with van der Waals surface area (Å²) in [5, 5.41) is 16.1. The number of nitrogens with two attached hydrogens (primary N) is 1. The first-order chi connectivity index (χ1) is 17.8. The summed E-state index contributed by atoms with van der Waals surface area (Å²) in [6.45, 7) is 10.4. The largest absolute Gasteiger partial charge is 0.508 e. The molecule has 1 saturated heterocycles. The van der Waals surface area contributed by atoms with Gasteiger partial charge in [-0.3, -0.25) is 14.5 Å². The molecule has 2 aliphatic heterocycles. The molecule has 0 spiro atoms. The molecule has 4 rings (SSSR count).